The summed E-state index contributed by atoms with van der Waals surface area (Å²) in [4.78, 5) is 35.1. The molecule has 10 heteroatoms. The second kappa shape index (κ2) is 8.41. The van der Waals surface area contributed by atoms with Gasteiger partial charge in [0.1, 0.15) is 5.82 Å². The lowest BCUT2D eigenvalue weighted by Crippen LogP contribution is -2.37. The molecule has 0 saturated heterocycles. The van der Waals surface area contributed by atoms with Crippen LogP contribution in [0.25, 0.3) is 0 Å². The molecule has 0 aliphatic carbocycles. The maximum absolute atomic E-state index is 13.4. The Morgan fingerprint density at radius 1 is 1.04 bits per heavy atom. The molecule has 0 spiro atoms. The third kappa shape index (κ3) is 5.61. The van der Waals surface area contributed by atoms with E-state index in [1.807, 2.05) is 5.32 Å². The van der Waals surface area contributed by atoms with Gasteiger partial charge < -0.3 is 10.1 Å². The van der Waals surface area contributed by atoms with Gasteiger partial charge in [0.15, 0.2) is 16.4 Å². The van der Waals surface area contributed by atoms with Crippen LogP contribution in [0.5, 0.6) is 0 Å². The molecule has 0 aliphatic heterocycles. The predicted molar refractivity (Wildman–Crippen MR) is 93.4 cm³/mol. The number of nitrogens with one attached hydrogen (secondary N) is 2. The summed E-state index contributed by atoms with van der Waals surface area (Å²) in [6.07, 6.45) is 0.929. The summed E-state index contributed by atoms with van der Waals surface area (Å²) in [5.74, 6) is -2.71. The summed E-state index contributed by atoms with van der Waals surface area (Å²) < 4.78 is 41.5. The molecule has 2 aromatic rings. The number of esters is 1. The van der Waals surface area contributed by atoms with Gasteiger partial charge in [-0.25, -0.2) is 22.4 Å². The molecular formula is C17H15FN2O6S. The third-order valence-electron chi connectivity index (χ3n) is 3.22. The highest BCUT2D eigenvalue weighted by Gasteiger charge is 2.20. The Hall–Kier alpha value is -3.27. The first-order valence-corrected chi connectivity index (χ1v) is 9.39. The Balaban J connectivity index is 1.93. The average Bonchev–Trinajstić information content (AvgIpc) is 2.61. The van der Waals surface area contributed by atoms with Crippen molar-refractivity contribution in [2.24, 2.45) is 0 Å². The van der Waals surface area contributed by atoms with Gasteiger partial charge in [-0.05, 0) is 24.3 Å². The number of carbonyl (C=O) groups is 3. The topological polar surface area (TPSA) is 119 Å². The quantitative estimate of drug-likeness (QED) is 0.746. The molecule has 2 rings (SSSR count). The van der Waals surface area contributed by atoms with Crippen molar-refractivity contribution in [1.29, 1.82) is 0 Å². The second-order valence-electron chi connectivity index (χ2n) is 5.33. The smallest absolute Gasteiger partial charge is 0.339 e. The molecule has 0 bridgehead atoms. The zero-order valence-electron chi connectivity index (χ0n) is 14.1. The maximum atomic E-state index is 13.4. The van der Waals surface area contributed by atoms with Gasteiger partial charge in [-0.15, -0.1) is 0 Å². The van der Waals surface area contributed by atoms with E-state index in [2.05, 4.69) is 5.32 Å². The Bertz CT molecular complexity index is 990. The third-order valence-corrected chi connectivity index (χ3v) is 4.37. The van der Waals surface area contributed by atoms with Gasteiger partial charge in [0.2, 0.25) is 0 Å². The maximum Gasteiger partial charge on any atom is 0.339 e. The number of halogens is 1. The number of benzene rings is 2. The minimum absolute atomic E-state index is 0.137. The number of hydrogen-bond acceptors (Lipinski definition) is 6. The molecule has 27 heavy (non-hydrogen) atoms. The highest BCUT2D eigenvalue weighted by molar-refractivity contribution is 7.90. The van der Waals surface area contributed by atoms with Crippen LogP contribution in [-0.4, -0.2) is 39.2 Å². The molecule has 3 amide bonds. The number of rotatable bonds is 5. The van der Waals surface area contributed by atoms with Crippen LogP contribution in [0.1, 0.15) is 10.4 Å². The van der Waals surface area contributed by atoms with Gasteiger partial charge in [-0.2, -0.15) is 0 Å². The first-order chi connectivity index (χ1) is 12.7. The van der Waals surface area contributed by atoms with Crippen LogP contribution in [0.3, 0.4) is 0 Å². The summed E-state index contributed by atoms with van der Waals surface area (Å²) >= 11 is 0. The van der Waals surface area contributed by atoms with E-state index in [-0.39, 0.29) is 16.1 Å². The summed E-state index contributed by atoms with van der Waals surface area (Å²) in [5.41, 5.74) is -0.370. The van der Waals surface area contributed by atoms with Crippen molar-refractivity contribution >= 4 is 33.4 Å². The van der Waals surface area contributed by atoms with Crippen LogP contribution >= 0.6 is 0 Å². The molecule has 0 unspecified atom stereocenters. The number of hydrogen-bond donors (Lipinski definition) is 2. The second-order valence-corrected chi connectivity index (χ2v) is 7.31. The SMILES string of the molecule is CS(=O)(=O)c1ccccc1C(=O)OCC(=O)NC(=O)Nc1ccccc1F. The number of carbonyl (C=O) groups excluding carboxylic acids is 3. The van der Waals surface area contributed by atoms with Crippen LogP contribution < -0.4 is 10.6 Å². The van der Waals surface area contributed by atoms with E-state index in [0.29, 0.717) is 0 Å². The number of anilines is 1. The number of urea groups is 1. The van der Waals surface area contributed by atoms with Gasteiger partial charge in [-0.3, -0.25) is 10.1 Å². The minimum Gasteiger partial charge on any atom is -0.452 e. The zero-order chi connectivity index (χ0) is 20.0. The van der Waals surface area contributed by atoms with Crippen molar-refractivity contribution in [3.63, 3.8) is 0 Å². The van der Waals surface area contributed by atoms with Crippen molar-refractivity contribution in [3.8, 4) is 0 Å². The fourth-order valence-electron chi connectivity index (χ4n) is 2.05. The van der Waals surface area contributed by atoms with E-state index in [9.17, 15) is 27.2 Å². The van der Waals surface area contributed by atoms with E-state index in [0.717, 1.165) is 12.3 Å². The molecule has 0 radical (unpaired) electrons. The highest BCUT2D eigenvalue weighted by Crippen LogP contribution is 2.16. The van der Waals surface area contributed by atoms with E-state index in [1.165, 1.54) is 42.5 Å². The van der Waals surface area contributed by atoms with Crippen molar-refractivity contribution in [2.45, 2.75) is 4.90 Å². The largest absolute Gasteiger partial charge is 0.452 e. The first-order valence-electron chi connectivity index (χ1n) is 7.50. The van der Waals surface area contributed by atoms with Crippen molar-refractivity contribution in [3.05, 3.63) is 59.9 Å². The minimum atomic E-state index is -3.68. The molecule has 0 atom stereocenters. The van der Waals surface area contributed by atoms with Gasteiger partial charge >= 0.3 is 12.0 Å². The van der Waals surface area contributed by atoms with Crippen LogP contribution in [0.15, 0.2) is 53.4 Å². The summed E-state index contributed by atoms with van der Waals surface area (Å²) in [6, 6.07) is 9.66. The van der Waals surface area contributed by atoms with Crippen LogP contribution in [0, 0.1) is 5.82 Å². The van der Waals surface area contributed by atoms with E-state index in [4.69, 9.17) is 4.74 Å². The molecule has 0 heterocycles. The molecule has 2 aromatic carbocycles. The monoisotopic (exact) mass is 394 g/mol. The number of sulfone groups is 1. The lowest BCUT2D eigenvalue weighted by Gasteiger charge is -2.09. The molecular weight excluding hydrogens is 379 g/mol. The van der Waals surface area contributed by atoms with Gasteiger partial charge in [-0.1, -0.05) is 24.3 Å². The zero-order valence-corrected chi connectivity index (χ0v) is 14.9. The Kier molecular flexibility index (Phi) is 6.24. The summed E-state index contributed by atoms with van der Waals surface area (Å²) in [5, 5.41) is 3.98. The molecule has 0 aliphatic rings. The predicted octanol–water partition coefficient (Wildman–Crippen LogP) is 1.73. The van der Waals surface area contributed by atoms with Crippen LogP contribution in [0.2, 0.25) is 0 Å². The summed E-state index contributed by atoms with van der Waals surface area (Å²) in [6.45, 7) is -0.832. The summed E-state index contributed by atoms with van der Waals surface area (Å²) in [7, 11) is -3.68. The fraction of sp³-hybridized carbons (Fsp3) is 0.118. The normalized spacial score (nSPS) is 10.7. The van der Waals surface area contributed by atoms with Crippen molar-refractivity contribution < 1.29 is 31.9 Å². The number of ether oxygens (including phenoxy) is 1. The fourth-order valence-corrected chi connectivity index (χ4v) is 2.92. The Morgan fingerprint density at radius 2 is 1.67 bits per heavy atom. The average molecular weight is 394 g/mol. The molecule has 142 valence electrons. The van der Waals surface area contributed by atoms with Crippen LogP contribution in [-0.2, 0) is 19.4 Å². The number of amides is 3. The van der Waals surface area contributed by atoms with Gasteiger partial charge in [0.05, 0.1) is 16.1 Å². The molecule has 8 nitrogen and oxygen atoms in total. The number of para-hydroxylation sites is 1. The molecule has 0 saturated carbocycles. The van der Waals surface area contributed by atoms with Gasteiger partial charge in [0, 0.05) is 6.26 Å². The Labute approximate surface area is 154 Å². The number of imide groups is 1. The van der Waals surface area contributed by atoms with Crippen molar-refractivity contribution in [2.75, 3.05) is 18.2 Å². The molecule has 0 aromatic heterocycles. The van der Waals surface area contributed by atoms with E-state index >= 15 is 0 Å². The first kappa shape index (κ1) is 20.0. The highest BCUT2D eigenvalue weighted by atomic mass is 32.2. The molecule has 0 fully saturated rings. The van der Waals surface area contributed by atoms with Gasteiger partial charge in [0.25, 0.3) is 5.91 Å². The standard InChI is InChI=1S/C17H15FN2O6S/c1-27(24,25)14-9-5-2-6-11(14)16(22)26-10-15(21)20-17(23)19-13-8-4-3-7-12(13)18/h2-9H,10H2,1H3,(H2,19,20,21,23). The molecule has 2 N–H and O–H groups in total. The van der Waals surface area contributed by atoms with E-state index < -0.39 is 40.2 Å². The Morgan fingerprint density at radius 3 is 2.33 bits per heavy atom. The lowest BCUT2D eigenvalue weighted by atomic mass is 10.2. The van der Waals surface area contributed by atoms with Crippen LogP contribution in [0.4, 0.5) is 14.9 Å². The van der Waals surface area contributed by atoms with Crippen molar-refractivity contribution in [1.82, 2.24) is 5.32 Å². The lowest BCUT2D eigenvalue weighted by molar-refractivity contribution is -0.123. The van der Waals surface area contributed by atoms with E-state index in [1.54, 1.807) is 0 Å².